The molecule has 0 aromatic carbocycles. The van der Waals surface area contributed by atoms with Gasteiger partial charge in [0.1, 0.15) is 0 Å². The van der Waals surface area contributed by atoms with E-state index in [1.54, 1.807) is 0 Å². The smallest absolute Gasteiger partial charge is 0.227 e. The van der Waals surface area contributed by atoms with Crippen LogP contribution in [0.2, 0.25) is 0 Å². The lowest BCUT2D eigenvalue weighted by molar-refractivity contribution is -0.135. The zero-order valence-corrected chi connectivity index (χ0v) is 12.6. The molecule has 1 aromatic heterocycles. The lowest BCUT2D eigenvalue weighted by Crippen LogP contribution is -2.47. The average molecular weight is 276 g/mol. The Labute approximate surface area is 120 Å². The minimum atomic E-state index is -0.255. The number of pyridine rings is 1. The SMILES string of the molecule is CC[C@H]1C[C@@H](O)CCN1C(=O)Cc1cc(C)nc(C)c1. The molecule has 0 saturated carbocycles. The first-order valence-corrected chi connectivity index (χ1v) is 7.41. The molecule has 1 fully saturated rings. The Morgan fingerprint density at radius 2 is 2.05 bits per heavy atom. The van der Waals surface area contributed by atoms with Crippen molar-refractivity contribution >= 4 is 5.91 Å². The first-order chi connectivity index (χ1) is 9.49. The van der Waals surface area contributed by atoms with Crippen molar-refractivity contribution in [1.29, 1.82) is 0 Å². The Bertz CT molecular complexity index is 467. The molecule has 1 amide bonds. The summed E-state index contributed by atoms with van der Waals surface area (Å²) in [4.78, 5) is 18.8. The van der Waals surface area contributed by atoms with Crippen LogP contribution in [0.3, 0.4) is 0 Å². The number of aliphatic hydroxyl groups excluding tert-OH is 1. The number of hydrogen-bond donors (Lipinski definition) is 1. The number of aromatic nitrogens is 1. The van der Waals surface area contributed by atoms with Gasteiger partial charge in [0.15, 0.2) is 0 Å². The quantitative estimate of drug-likeness (QED) is 0.918. The summed E-state index contributed by atoms with van der Waals surface area (Å²) < 4.78 is 0. The monoisotopic (exact) mass is 276 g/mol. The van der Waals surface area contributed by atoms with Crippen LogP contribution in [0.1, 0.15) is 43.1 Å². The van der Waals surface area contributed by atoms with Crippen molar-refractivity contribution in [2.45, 2.75) is 58.6 Å². The fraction of sp³-hybridized carbons (Fsp3) is 0.625. The third kappa shape index (κ3) is 3.57. The molecule has 1 saturated heterocycles. The Balaban J connectivity index is 2.07. The maximum absolute atomic E-state index is 12.5. The van der Waals surface area contributed by atoms with Gasteiger partial charge in [0.2, 0.25) is 5.91 Å². The zero-order valence-electron chi connectivity index (χ0n) is 12.6. The first kappa shape index (κ1) is 15.0. The highest BCUT2D eigenvalue weighted by Gasteiger charge is 2.29. The number of likely N-dealkylation sites (tertiary alicyclic amines) is 1. The molecule has 1 aliphatic heterocycles. The highest BCUT2D eigenvalue weighted by molar-refractivity contribution is 5.79. The van der Waals surface area contributed by atoms with E-state index in [0.717, 1.165) is 23.4 Å². The normalized spacial score (nSPS) is 22.9. The van der Waals surface area contributed by atoms with E-state index in [4.69, 9.17) is 0 Å². The number of hydrogen-bond acceptors (Lipinski definition) is 3. The summed E-state index contributed by atoms with van der Waals surface area (Å²) in [6.45, 7) is 6.64. The Morgan fingerprint density at radius 3 is 2.65 bits per heavy atom. The lowest BCUT2D eigenvalue weighted by atomic mass is 9.96. The van der Waals surface area contributed by atoms with Crippen molar-refractivity contribution in [2.75, 3.05) is 6.54 Å². The number of rotatable bonds is 3. The van der Waals surface area contributed by atoms with E-state index in [1.807, 2.05) is 30.9 Å². The second-order valence-corrected chi connectivity index (χ2v) is 5.76. The molecule has 110 valence electrons. The summed E-state index contributed by atoms with van der Waals surface area (Å²) in [6.07, 6.45) is 2.47. The molecule has 20 heavy (non-hydrogen) atoms. The average Bonchev–Trinajstić information content (AvgIpc) is 2.37. The van der Waals surface area contributed by atoms with Crippen molar-refractivity contribution in [3.05, 3.63) is 29.1 Å². The molecule has 0 unspecified atom stereocenters. The molecule has 4 heteroatoms. The van der Waals surface area contributed by atoms with Crippen molar-refractivity contribution in [3.8, 4) is 0 Å². The van der Waals surface area contributed by atoms with Gasteiger partial charge in [-0.1, -0.05) is 6.92 Å². The van der Waals surface area contributed by atoms with Gasteiger partial charge in [-0.3, -0.25) is 9.78 Å². The summed E-state index contributed by atoms with van der Waals surface area (Å²) in [5, 5.41) is 9.73. The highest BCUT2D eigenvalue weighted by Crippen LogP contribution is 2.21. The van der Waals surface area contributed by atoms with Crippen LogP contribution >= 0.6 is 0 Å². The van der Waals surface area contributed by atoms with Crippen LogP contribution in [0.4, 0.5) is 0 Å². The number of carbonyl (C=O) groups is 1. The van der Waals surface area contributed by atoms with Gasteiger partial charge in [0.05, 0.1) is 12.5 Å². The van der Waals surface area contributed by atoms with Crippen LogP contribution in [0.5, 0.6) is 0 Å². The maximum atomic E-state index is 12.5. The van der Waals surface area contributed by atoms with E-state index in [2.05, 4.69) is 11.9 Å². The first-order valence-electron chi connectivity index (χ1n) is 7.41. The topological polar surface area (TPSA) is 53.4 Å². The van der Waals surface area contributed by atoms with E-state index in [9.17, 15) is 9.90 Å². The van der Waals surface area contributed by atoms with Crippen molar-refractivity contribution in [1.82, 2.24) is 9.88 Å². The van der Waals surface area contributed by atoms with Crippen molar-refractivity contribution < 1.29 is 9.90 Å². The minimum Gasteiger partial charge on any atom is -0.393 e. The number of nitrogens with zero attached hydrogens (tertiary/aromatic N) is 2. The molecular formula is C16H24N2O2. The predicted molar refractivity (Wildman–Crippen MR) is 78.4 cm³/mol. The number of piperidine rings is 1. The summed E-state index contributed by atoms with van der Waals surface area (Å²) >= 11 is 0. The molecule has 1 aromatic rings. The lowest BCUT2D eigenvalue weighted by Gasteiger charge is -2.37. The summed E-state index contributed by atoms with van der Waals surface area (Å²) in [5.74, 6) is 0.161. The second kappa shape index (κ2) is 6.35. The molecule has 4 nitrogen and oxygen atoms in total. The van der Waals surface area contributed by atoms with Crippen LogP contribution in [0, 0.1) is 13.8 Å². The largest absolute Gasteiger partial charge is 0.393 e. The van der Waals surface area contributed by atoms with Gasteiger partial charge in [-0.05, 0) is 50.8 Å². The number of aryl methyl sites for hydroxylation is 2. The van der Waals surface area contributed by atoms with Gasteiger partial charge in [0, 0.05) is 24.0 Å². The molecule has 1 aliphatic rings. The number of carbonyl (C=O) groups excluding carboxylic acids is 1. The van der Waals surface area contributed by atoms with Gasteiger partial charge in [-0.15, -0.1) is 0 Å². The molecule has 2 heterocycles. The van der Waals surface area contributed by atoms with Crippen LogP contribution < -0.4 is 0 Å². The fourth-order valence-corrected chi connectivity index (χ4v) is 3.04. The molecule has 2 atom stereocenters. The highest BCUT2D eigenvalue weighted by atomic mass is 16.3. The Kier molecular flexibility index (Phi) is 4.76. The molecule has 2 rings (SSSR count). The molecular weight excluding hydrogens is 252 g/mol. The van der Waals surface area contributed by atoms with Crippen LogP contribution in [-0.2, 0) is 11.2 Å². The van der Waals surface area contributed by atoms with E-state index in [1.165, 1.54) is 0 Å². The van der Waals surface area contributed by atoms with Gasteiger partial charge in [-0.2, -0.15) is 0 Å². The Morgan fingerprint density at radius 1 is 1.40 bits per heavy atom. The zero-order chi connectivity index (χ0) is 14.7. The summed E-state index contributed by atoms with van der Waals surface area (Å²) in [5.41, 5.74) is 2.93. The molecule has 0 spiro atoms. The van der Waals surface area contributed by atoms with Gasteiger partial charge >= 0.3 is 0 Å². The molecule has 0 radical (unpaired) electrons. The van der Waals surface area contributed by atoms with Crippen molar-refractivity contribution in [2.24, 2.45) is 0 Å². The summed E-state index contributed by atoms with van der Waals surface area (Å²) in [6, 6.07) is 4.13. The molecule has 0 bridgehead atoms. The van der Waals surface area contributed by atoms with E-state index < -0.39 is 0 Å². The van der Waals surface area contributed by atoms with E-state index >= 15 is 0 Å². The van der Waals surface area contributed by atoms with Gasteiger partial charge in [0.25, 0.3) is 0 Å². The second-order valence-electron chi connectivity index (χ2n) is 5.76. The van der Waals surface area contributed by atoms with Crippen LogP contribution in [-0.4, -0.2) is 39.6 Å². The third-order valence-corrected chi connectivity index (χ3v) is 3.98. The standard InChI is InChI=1S/C16H24N2O2/c1-4-14-10-15(19)5-6-18(14)16(20)9-13-7-11(2)17-12(3)8-13/h7-8,14-15,19H,4-6,9-10H2,1-3H3/t14-,15-/m0/s1. The van der Waals surface area contributed by atoms with Crippen molar-refractivity contribution in [3.63, 3.8) is 0 Å². The van der Waals surface area contributed by atoms with E-state index in [0.29, 0.717) is 25.8 Å². The number of amides is 1. The predicted octanol–water partition coefficient (Wildman–Crippen LogP) is 2.00. The van der Waals surface area contributed by atoms with Crippen LogP contribution in [0.15, 0.2) is 12.1 Å². The van der Waals surface area contributed by atoms with Crippen LogP contribution in [0.25, 0.3) is 0 Å². The van der Waals surface area contributed by atoms with Gasteiger partial charge in [-0.25, -0.2) is 0 Å². The number of aliphatic hydroxyl groups is 1. The Hall–Kier alpha value is -1.42. The van der Waals surface area contributed by atoms with Gasteiger partial charge < -0.3 is 10.0 Å². The molecule has 0 aliphatic carbocycles. The summed E-state index contributed by atoms with van der Waals surface area (Å²) in [7, 11) is 0. The maximum Gasteiger partial charge on any atom is 0.227 e. The minimum absolute atomic E-state index is 0.161. The third-order valence-electron chi connectivity index (χ3n) is 3.98. The molecule has 1 N–H and O–H groups in total. The van der Waals surface area contributed by atoms with E-state index in [-0.39, 0.29) is 18.1 Å². The fourth-order valence-electron chi connectivity index (χ4n) is 3.04.